The standard InChI is InChI=1S/C18H21NO4/c1-3-22-14-9-10-17(23-4-2)15(12-14)19-18(21)11-13-7-5-6-8-16(13)20/h5-10,12,20H,3-4,11H2,1-2H3,(H,19,21). The first-order valence-electron chi connectivity index (χ1n) is 7.60. The summed E-state index contributed by atoms with van der Waals surface area (Å²) in [5, 5.41) is 12.6. The number of phenolic OH excluding ortho intramolecular Hbond substituents is 1. The molecular formula is C18H21NO4. The highest BCUT2D eigenvalue weighted by Gasteiger charge is 2.12. The number of carbonyl (C=O) groups excluding carboxylic acids is 1. The molecule has 23 heavy (non-hydrogen) atoms. The first-order valence-corrected chi connectivity index (χ1v) is 7.60. The quantitative estimate of drug-likeness (QED) is 0.822. The summed E-state index contributed by atoms with van der Waals surface area (Å²) in [6, 6.07) is 12.1. The van der Waals surface area contributed by atoms with E-state index in [4.69, 9.17) is 9.47 Å². The Balaban J connectivity index is 2.15. The SMILES string of the molecule is CCOc1ccc(OCC)c(NC(=O)Cc2ccccc2O)c1. The third-order valence-corrected chi connectivity index (χ3v) is 3.18. The Bertz CT molecular complexity index is 670. The van der Waals surface area contributed by atoms with E-state index in [2.05, 4.69) is 5.32 Å². The monoisotopic (exact) mass is 315 g/mol. The van der Waals surface area contributed by atoms with Crippen molar-refractivity contribution in [3.05, 3.63) is 48.0 Å². The van der Waals surface area contributed by atoms with Crippen LogP contribution in [0.25, 0.3) is 0 Å². The van der Waals surface area contributed by atoms with Crippen molar-refractivity contribution in [1.82, 2.24) is 0 Å². The second kappa shape index (κ2) is 8.08. The molecule has 0 aliphatic rings. The summed E-state index contributed by atoms with van der Waals surface area (Å²) in [6.07, 6.45) is 0.0805. The number of amides is 1. The second-order valence-corrected chi connectivity index (χ2v) is 4.88. The molecule has 0 heterocycles. The van der Waals surface area contributed by atoms with Crippen molar-refractivity contribution in [2.45, 2.75) is 20.3 Å². The fourth-order valence-corrected chi connectivity index (χ4v) is 2.17. The van der Waals surface area contributed by atoms with Crippen LogP contribution in [0.4, 0.5) is 5.69 Å². The van der Waals surface area contributed by atoms with Crippen molar-refractivity contribution in [1.29, 1.82) is 0 Å². The molecule has 0 radical (unpaired) electrons. The van der Waals surface area contributed by atoms with Crippen molar-refractivity contribution in [3.8, 4) is 17.2 Å². The van der Waals surface area contributed by atoms with Crippen molar-refractivity contribution in [3.63, 3.8) is 0 Å². The Morgan fingerprint density at radius 1 is 1.09 bits per heavy atom. The van der Waals surface area contributed by atoms with Gasteiger partial charge in [0.05, 0.1) is 25.3 Å². The molecule has 5 heteroatoms. The summed E-state index contributed by atoms with van der Waals surface area (Å²) in [4.78, 5) is 12.2. The van der Waals surface area contributed by atoms with Gasteiger partial charge in [0.1, 0.15) is 17.2 Å². The van der Waals surface area contributed by atoms with E-state index in [1.165, 1.54) is 0 Å². The lowest BCUT2D eigenvalue weighted by molar-refractivity contribution is -0.115. The molecule has 0 bridgehead atoms. The molecule has 1 amide bonds. The van der Waals surface area contributed by atoms with E-state index >= 15 is 0 Å². The van der Waals surface area contributed by atoms with E-state index in [9.17, 15) is 9.90 Å². The van der Waals surface area contributed by atoms with Gasteiger partial charge in [0.15, 0.2) is 0 Å². The number of hydrogen-bond donors (Lipinski definition) is 2. The predicted molar refractivity (Wildman–Crippen MR) is 89.2 cm³/mol. The van der Waals surface area contributed by atoms with E-state index < -0.39 is 0 Å². The summed E-state index contributed by atoms with van der Waals surface area (Å²) in [7, 11) is 0. The summed E-state index contributed by atoms with van der Waals surface area (Å²) in [6.45, 7) is 4.81. The molecule has 0 saturated heterocycles. The zero-order chi connectivity index (χ0) is 16.7. The molecule has 0 spiro atoms. The van der Waals surface area contributed by atoms with Crippen LogP contribution in [0.1, 0.15) is 19.4 Å². The molecule has 0 fully saturated rings. The number of para-hydroxylation sites is 1. The molecule has 2 aromatic carbocycles. The van der Waals surface area contributed by atoms with Crippen LogP contribution in [0.5, 0.6) is 17.2 Å². The zero-order valence-electron chi connectivity index (χ0n) is 13.3. The van der Waals surface area contributed by atoms with E-state index in [0.717, 1.165) is 0 Å². The fraction of sp³-hybridized carbons (Fsp3) is 0.278. The fourth-order valence-electron chi connectivity index (χ4n) is 2.17. The molecule has 0 saturated carbocycles. The molecule has 0 unspecified atom stereocenters. The number of nitrogens with one attached hydrogen (secondary N) is 1. The highest BCUT2D eigenvalue weighted by molar-refractivity contribution is 5.94. The Kier molecular flexibility index (Phi) is 5.86. The molecule has 0 aromatic heterocycles. The number of anilines is 1. The topological polar surface area (TPSA) is 67.8 Å². The largest absolute Gasteiger partial charge is 0.508 e. The molecule has 0 aliphatic carbocycles. The number of carbonyl (C=O) groups is 1. The highest BCUT2D eigenvalue weighted by atomic mass is 16.5. The van der Waals surface area contributed by atoms with Gasteiger partial charge in [-0.2, -0.15) is 0 Å². The van der Waals surface area contributed by atoms with Gasteiger partial charge in [0, 0.05) is 11.6 Å². The summed E-state index contributed by atoms with van der Waals surface area (Å²) in [5.41, 5.74) is 1.13. The normalized spacial score (nSPS) is 10.2. The molecule has 2 N–H and O–H groups in total. The average molecular weight is 315 g/mol. The molecule has 122 valence electrons. The lowest BCUT2D eigenvalue weighted by Gasteiger charge is -2.13. The number of ether oxygens (including phenoxy) is 2. The number of phenols is 1. The van der Waals surface area contributed by atoms with Crippen LogP contribution in [-0.2, 0) is 11.2 Å². The smallest absolute Gasteiger partial charge is 0.229 e. The van der Waals surface area contributed by atoms with Crippen LogP contribution in [0.3, 0.4) is 0 Å². The minimum absolute atomic E-state index is 0.0805. The average Bonchev–Trinajstić information content (AvgIpc) is 2.52. The van der Waals surface area contributed by atoms with Gasteiger partial charge in [-0.25, -0.2) is 0 Å². The maximum atomic E-state index is 12.2. The van der Waals surface area contributed by atoms with E-state index in [1.807, 2.05) is 13.8 Å². The summed E-state index contributed by atoms with van der Waals surface area (Å²) < 4.78 is 11.0. The van der Waals surface area contributed by atoms with Gasteiger partial charge >= 0.3 is 0 Å². The van der Waals surface area contributed by atoms with E-state index in [0.29, 0.717) is 36.0 Å². The van der Waals surface area contributed by atoms with Gasteiger partial charge in [-0.1, -0.05) is 18.2 Å². The highest BCUT2D eigenvalue weighted by Crippen LogP contribution is 2.30. The second-order valence-electron chi connectivity index (χ2n) is 4.88. The van der Waals surface area contributed by atoms with Crippen LogP contribution >= 0.6 is 0 Å². The minimum atomic E-state index is -0.235. The van der Waals surface area contributed by atoms with Gasteiger partial charge in [-0.3, -0.25) is 4.79 Å². The minimum Gasteiger partial charge on any atom is -0.508 e. The van der Waals surface area contributed by atoms with Gasteiger partial charge in [0.25, 0.3) is 0 Å². The molecule has 0 aliphatic heterocycles. The zero-order valence-corrected chi connectivity index (χ0v) is 13.3. The predicted octanol–water partition coefficient (Wildman–Crippen LogP) is 3.37. The summed E-state index contributed by atoms with van der Waals surface area (Å²) >= 11 is 0. The third-order valence-electron chi connectivity index (χ3n) is 3.18. The Morgan fingerprint density at radius 3 is 2.52 bits per heavy atom. The molecule has 5 nitrogen and oxygen atoms in total. The lowest BCUT2D eigenvalue weighted by atomic mass is 10.1. The van der Waals surface area contributed by atoms with Gasteiger partial charge < -0.3 is 19.9 Å². The van der Waals surface area contributed by atoms with Crippen LogP contribution in [0.15, 0.2) is 42.5 Å². The molecule has 2 aromatic rings. The van der Waals surface area contributed by atoms with Gasteiger partial charge in [0.2, 0.25) is 5.91 Å². The molecule has 0 atom stereocenters. The van der Waals surface area contributed by atoms with E-state index in [1.54, 1.807) is 42.5 Å². The number of benzene rings is 2. The number of hydrogen-bond acceptors (Lipinski definition) is 4. The van der Waals surface area contributed by atoms with Crippen molar-refractivity contribution in [2.24, 2.45) is 0 Å². The van der Waals surface area contributed by atoms with Gasteiger partial charge in [-0.15, -0.1) is 0 Å². The molecule has 2 rings (SSSR count). The maximum Gasteiger partial charge on any atom is 0.229 e. The van der Waals surface area contributed by atoms with Crippen LogP contribution < -0.4 is 14.8 Å². The summed E-state index contributed by atoms with van der Waals surface area (Å²) in [5.74, 6) is 1.12. The van der Waals surface area contributed by atoms with Crippen LogP contribution in [-0.4, -0.2) is 24.2 Å². The van der Waals surface area contributed by atoms with Crippen molar-refractivity contribution >= 4 is 11.6 Å². The van der Waals surface area contributed by atoms with Crippen LogP contribution in [0, 0.1) is 0 Å². The first-order chi connectivity index (χ1) is 11.1. The van der Waals surface area contributed by atoms with Crippen molar-refractivity contribution in [2.75, 3.05) is 18.5 Å². The van der Waals surface area contributed by atoms with Crippen molar-refractivity contribution < 1.29 is 19.4 Å². The molecular weight excluding hydrogens is 294 g/mol. The number of rotatable bonds is 7. The Morgan fingerprint density at radius 2 is 1.83 bits per heavy atom. The maximum absolute atomic E-state index is 12.2. The number of aromatic hydroxyl groups is 1. The van der Waals surface area contributed by atoms with E-state index in [-0.39, 0.29) is 18.1 Å². The third kappa shape index (κ3) is 4.64. The Hall–Kier alpha value is -2.69. The van der Waals surface area contributed by atoms with Crippen LogP contribution in [0.2, 0.25) is 0 Å². The first kappa shape index (κ1) is 16.7. The van der Waals surface area contributed by atoms with Gasteiger partial charge in [-0.05, 0) is 32.0 Å². The lowest BCUT2D eigenvalue weighted by Crippen LogP contribution is -2.15. The Labute approximate surface area is 135 Å².